The van der Waals surface area contributed by atoms with Crippen LogP contribution in [-0.4, -0.2) is 46.6 Å². The van der Waals surface area contributed by atoms with Crippen LogP contribution in [0.15, 0.2) is 11.6 Å². The quantitative estimate of drug-likeness (QED) is 0.572. The van der Waals surface area contributed by atoms with Gasteiger partial charge < -0.3 is 19.7 Å². The molecule has 0 aromatic heterocycles. The molecule has 3 aliphatic rings. The summed E-state index contributed by atoms with van der Waals surface area (Å²) in [4.78, 5) is 24.6. The highest BCUT2D eigenvalue weighted by atomic mass is 16.6. The molecular weight excluding hydrogens is 336 g/mol. The summed E-state index contributed by atoms with van der Waals surface area (Å²) in [5.74, 6) is -1.71. The van der Waals surface area contributed by atoms with Crippen LogP contribution in [0.25, 0.3) is 0 Å². The lowest BCUT2D eigenvalue weighted by Gasteiger charge is -2.42. The minimum atomic E-state index is -0.731. The third kappa shape index (κ3) is 2.69. The number of carbonyl (C=O) groups is 2. The number of aliphatic hydroxyl groups is 2. The van der Waals surface area contributed by atoms with Crippen molar-refractivity contribution in [1.82, 2.24) is 0 Å². The lowest BCUT2D eigenvalue weighted by Crippen LogP contribution is -2.50. The molecule has 9 atom stereocenters. The molecule has 1 heterocycles. The van der Waals surface area contributed by atoms with E-state index in [-0.39, 0.29) is 23.7 Å². The third-order valence-electron chi connectivity index (χ3n) is 7.11. The number of aliphatic hydroxyl groups excluding tert-OH is 2. The summed E-state index contributed by atoms with van der Waals surface area (Å²) in [6, 6.07) is 0. The minimum absolute atomic E-state index is 0.0213. The van der Waals surface area contributed by atoms with Crippen LogP contribution < -0.4 is 0 Å². The van der Waals surface area contributed by atoms with Crippen molar-refractivity contribution in [2.75, 3.05) is 0 Å². The molecule has 6 heteroatoms. The standard InChI is InChI=1S/C20H30O6/c1-6-9(2)18(23)25-14-8-13(22)16-10(3)7-12(21)15-11(4)19(24)26-17(15)20(14,16)5/h6,10-17,21-22H,7-8H2,1-5H3. The Morgan fingerprint density at radius 1 is 1.27 bits per heavy atom. The van der Waals surface area contributed by atoms with E-state index in [0.29, 0.717) is 18.4 Å². The van der Waals surface area contributed by atoms with Crippen LogP contribution in [0.5, 0.6) is 0 Å². The van der Waals surface area contributed by atoms with Crippen molar-refractivity contribution in [2.24, 2.45) is 29.1 Å². The molecule has 3 rings (SSSR count). The maximum Gasteiger partial charge on any atom is 0.333 e. The Morgan fingerprint density at radius 2 is 1.92 bits per heavy atom. The van der Waals surface area contributed by atoms with Gasteiger partial charge >= 0.3 is 11.9 Å². The molecule has 9 unspecified atom stereocenters. The molecule has 1 aliphatic heterocycles. The van der Waals surface area contributed by atoms with Crippen LogP contribution in [0.3, 0.4) is 0 Å². The summed E-state index contributed by atoms with van der Waals surface area (Å²) in [5, 5.41) is 21.5. The van der Waals surface area contributed by atoms with E-state index >= 15 is 0 Å². The van der Waals surface area contributed by atoms with Crippen molar-refractivity contribution in [1.29, 1.82) is 0 Å². The predicted octanol–water partition coefficient (Wildman–Crippen LogP) is 1.83. The number of fused-ring (bicyclic) bond motifs is 3. The van der Waals surface area contributed by atoms with Crippen LogP contribution in [0.1, 0.15) is 47.5 Å². The van der Waals surface area contributed by atoms with Crippen LogP contribution in [-0.2, 0) is 19.1 Å². The monoisotopic (exact) mass is 366 g/mol. The van der Waals surface area contributed by atoms with Crippen molar-refractivity contribution in [2.45, 2.75) is 71.9 Å². The first-order valence-electron chi connectivity index (χ1n) is 9.53. The molecule has 0 bridgehead atoms. The number of ether oxygens (including phenoxy) is 2. The Morgan fingerprint density at radius 3 is 2.54 bits per heavy atom. The van der Waals surface area contributed by atoms with Crippen LogP contribution in [0, 0.1) is 29.1 Å². The molecular formula is C20H30O6. The van der Waals surface area contributed by atoms with E-state index in [9.17, 15) is 19.8 Å². The second kappa shape index (κ2) is 6.64. The molecule has 0 amide bonds. The van der Waals surface area contributed by atoms with E-state index in [0.717, 1.165) is 0 Å². The van der Waals surface area contributed by atoms with Crippen molar-refractivity contribution in [3.8, 4) is 0 Å². The average Bonchev–Trinajstić information content (AvgIpc) is 2.98. The van der Waals surface area contributed by atoms with Crippen molar-refractivity contribution >= 4 is 11.9 Å². The third-order valence-corrected chi connectivity index (χ3v) is 7.11. The molecule has 26 heavy (non-hydrogen) atoms. The Hall–Kier alpha value is -1.40. The molecule has 146 valence electrons. The topological polar surface area (TPSA) is 93.1 Å². The molecule has 3 fully saturated rings. The van der Waals surface area contributed by atoms with E-state index < -0.39 is 41.7 Å². The molecule has 0 aromatic rings. The number of esters is 2. The van der Waals surface area contributed by atoms with Gasteiger partial charge in [-0.3, -0.25) is 4.79 Å². The van der Waals surface area contributed by atoms with Crippen LogP contribution >= 0.6 is 0 Å². The van der Waals surface area contributed by atoms with Crippen molar-refractivity contribution in [3.05, 3.63) is 11.6 Å². The largest absolute Gasteiger partial charge is 0.461 e. The molecule has 2 saturated carbocycles. The summed E-state index contributed by atoms with van der Waals surface area (Å²) >= 11 is 0. The van der Waals surface area contributed by atoms with Gasteiger partial charge in [-0.1, -0.05) is 26.8 Å². The zero-order valence-corrected chi connectivity index (χ0v) is 16.1. The SMILES string of the molecule is CC=C(C)C(=O)OC1CC(O)C2C(C)CC(O)C3C(C)C(=O)OC3C12C. The Kier molecular flexibility index (Phi) is 4.95. The van der Waals surface area contributed by atoms with Gasteiger partial charge in [0.25, 0.3) is 0 Å². The lowest BCUT2D eigenvalue weighted by atomic mass is 9.67. The maximum absolute atomic E-state index is 12.4. The summed E-state index contributed by atoms with van der Waals surface area (Å²) in [6.45, 7) is 9.18. The minimum Gasteiger partial charge on any atom is -0.461 e. The second-order valence-corrected chi connectivity index (χ2v) is 8.56. The van der Waals surface area contributed by atoms with Gasteiger partial charge in [0, 0.05) is 29.2 Å². The van der Waals surface area contributed by atoms with Gasteiger partial charge in [0.1, 0.15) is 12.2 Å². The summed E-state index contributed by atoms with van der Waals surface area (Å²) in [7, 11) is 0. The van der Waals surface area contributed by atoms with Gasteiger partial charge in [0.15, 0.2) is 0 Å². The Bertz CT molecular complexity index is 628. The number of rotatable bonds is 2. The molecule has 0 spiro atoms. The highest BCUT2D eigenvalue weighted by Crippen LogP contribution is 2.59. The van der Waals surface area contributed by atoms with Gasteiger partial charge in [-0.2, -0.15) is 0 Å². The zero-order valence-electron chi connectivity index (χ0n) is 16.1. The van der Waals surface area contributed by atoms with Crippen LogP contribution in [0.2, 0.25) is 0 Å². The first kappa shape index (κ1) is 19.4. The highest BCUT2D eigenvalue weighted by molar-refractivity contribution is 5.87. The van der Waals surface area contributed by atoms with Gasteiger partial charge in [0.05, 0.1) is 18.1 Å². The van der Waals surface area contributed by atoms with Crippen molar-refractivity contribution < 1.29 is 29.3 Å². The normalized spacial score (nSPS) is 48.4. The number of hydrogen-bond donors (Lipinski definition) is 2. The molecule has 0 radical (unpaired) electrons. The van der Waals surface area contributed by atoms with Crippen molar-refractivity contribution in [3.63, 3.8) is 0 Å². The number of allylic oxidation sites excluding steroid dienone is 1. The molecule has 6 nitrogen and oxygen atoms in total. The molecule has 2 N–H and O–H groups in total. The van der Waals surface area contributed by atoms with E-state index in [1.165, 1.54) is 0 Å². The Balaban J connectivity index is 2.02. The zero-order chi connectivity index (χ0) is 19.4. The van der Waals surface area contributed by atoms with Gasteiger partial charge in [-0.25, -0.2) is 4.79 Å². The maximum atomic E-state index is 12.4. The molecule has 2 aliphatic carbocycles. The fourth-order valence-corrected chi connectivity index (χ4v) is 5.62. The van der Waals surface area contributed by atoms with E-state index in [2.05, 4.69) is 0 Å². The molecule has 0 aromatic carbocycles. The Labute approximate surface area is 154 Å². The predicted molar refractivity (Wildman–Crippen MR) is 93.9 cm³/mol. The smallest absolute Gasteiger partial charge is 0.333 e. The van der Waals surface area contributed by atoms with Crippen LogP contribution in [0.4, 0.5) is 0 Å². The fraction of sp³-hybridized carbons (Fsp3) is 0.800. The number of hydrogen-bond acceptors (Lipinski definition) is 6. The van der Waals surface area contributed by atoms with Gasteiger partial charge in [0.2, 0.25) is 0 Å². The molecule has 1 saturated heterocycles. The summed E-state index contributed by atoms with van der Waals surface area (Å²) in [5.41, 5.74) is -0.230. The first-order chi connectivity index (χ1) is 12.1. The van der Waals surface area contributed by atoms with Gasteiger partial charge in [-0.15, -0.1) is 0 Å². The van der Waals surface area contributed by atoms with Gasteiger partial charge in [-0.05, 0) is 26.2 Å². The van der Waals surface area contributed by atoms with E-state index in [4.69, 9.17) is 9.47 Å². The van der Waals surface area contributed by atoms with E-state index in [1.807, 2.05) is 13.8 Å². The first-order valence-corrected chi connectivity index (χ1v) is 9.53. The average molecular weight is 366 g/mol. The van der Waals surface area contributed by atoms with E-state index in [1.54, 1.807) is 26.8 Å². The number of carbonyl (C=O) groups excluding carboxylic acids is 2. The lowest BCUT2D eigenvalue weighted by molar-refractivity contribution is -0.167. The summed E-state index contributed by atoms with van der Waals surface area (Å²) < 4.78 is 11.5. The fourth-order valence-electron chi connectivity index (χ4n) is 5.62. The summed E-state index contributed by atoms with van der Waals surface area (Å²) in [6.07, 6.45) is 0.0130. The second-order valence-electron chi connectivity index (χ2n) is 8.56. The highest BCUT2D eigenvalue weighted by Gasteiger charge is 2.67.